The molecule has 18 heavy (non-hydrogen) atoms. The Hall–Kier alpha value is -2.07. The topological polar surface area (TPSA) is 54.3 Å². The average molecular weight is 244 g/mol. The van der Waals surface area contributed by atoms with Gasteiger partial charge in [0.25, 0.3) is 0 Å². The first-order chi connectivity index (χ1) is 8.76. The Morgan fingerprint density at radius 1 is 1.44 bits per heavy atom. The van der Waals surface area contributed by atoms with Crippen molar-refractivity contribution in [3.8, 4) is 0 Å². The molecule has 0 aliphatic rings. The van der Waals surface area contributed by atoms with Crippen LogP contribution in [0, 0.1) is 0 Å². The fourth-order valence-corrected chi connectivity index (χ4v) is 1.98. The van der Waals surface area contributed by atoms with Crippen LogP contribution in [0.3, 0.4) is 0 Å². The van der Waals surface area contributed by atoms with E-state index in [1.54, 1.807) is 6.08 Å². The Bertz CT molecular complexity index is 572. The number of carbonyl (C=O) groups excluding carboxylic acids is 1. The van der Waals surface area contributed by atoms with Crippen LogP contribution in [0.1, 0.15) is 5.56 Å². The van der Waals surface area contributed by atoms with E-state index in [1.165, 1.54) is 0 Å². The lowest BCUT2D eigenvalue weighted by Gasteiger charge is -2.05. The zero-order chi connectivity index (χ0) is 13.0. The molecule has 0 spiro atoms. The third kappa shape index (κ3) is 2.43. The molecule has 0 saturated carbocycles. The van der Waals surface area contributed by atoms with Crippen LogP contribution < -0.4 is 5.32 Å². The van der Waals surface area contributed by atoms with Crippen LogP contribution >= 0.6 is 0 Å². The molecule has 1 aromatic heterocycles. The molecule has 4 nitrogen and oxygen atoms in total. The van der Waals surface area contributed by atoms with E-state index in [-0.39, 0.29) is 19.1 Å². The summed E-state index contributed by atoms with van der Waals surface area (Å²) >= 11 is 0. The molecule has 0 radical (unpaired) electrons. The number of aliphatic hydroxyl groups is 1. The average Bonchev–Trinajstić information content (AvgIpc) is 2.75. The number of aliphatic hydroxyl groups excluding tert-OH is 1. The highest BCUT2D eigenvalue weighted by Gasteiger charge is 2.09. The lowest BCUT2D eigenvalue weighted by Crippen LogP contribution is -2.27. The van der Waals surface area contributed by atoms with E-state index in [4.69, 9.17) is 0 Å². The molecule has 2 N–H and O–H groups in total. The van der Waals surface area contributed by atoms with Gasteiger partial charge in [0.2, 0.25) is 5.91 Å². The molecule has 0 aliphatic carbocycles. The number of fused-ring (bicyclic) bond motifs is 1. The van der Waals surface area contributed by atoms with Crippen LogP contribution in [0.5, 0.6) is 0 Å². The van der Waals surface area contributed by atoms with Crippen molar-refractivity contribution in [3.05, 3.63) is 48.7 Å². The standard InChI is InChI=1S/C14H16N2O2/c1-2-7-15-14(18)9-16-8-11(10-17)12-5-3-4-6-13(12)16/h2-6,8,17H,1,7,9-10H2,(H,15,18). The minimum atomic E-state index is -0.0693. The summed E-state index contributed by atoms with van der Waals surface area (Å²) in [7, 11) is 0. The molecule has 0 bridgehead atoms. The summed E-state index contributed by atoms with van der Waals surface area (Å²) in [6.45, 7) is 4.23. The summed E-state index contributed by atoms with van der Waals surface area (Å²) in [4.78, 5) is 11.7. The smallest absolute Gasteiger partial charge is 0.240 e. The summed E-state index contributed by atoms with van der Waals surface area (Å²) in [5.74, 6) is -0.0693. The number of hydrogen-bond donors (Lipinski definition) is 2. The summed E-state index contributed by atoms with van der Waals surface area (Å²) in [5.41, 5.74) is 1.79. The van der Waals surface area contributed by atoms with Crippen LogP contribution in [0.4, 0.5) is 0 Å². The minimum Gasteiger partial charge on any atom is -0.392 e. The minimum absolute atomic E-state index is 0.0260. The number of nitrogens with zero attached hydrogens (tertiary/aromatic N) is 1. The Morgan fingerprint density at radius 2 is 2.22 bits per heavy atom. The molecular weight excluding hydrogens is 228 g/mol. The van der Waals surface area contributed by atoms with E-state index in [9.17, 15) is 9.90 Å². The summed E-state index contributed by atoms with van der Waals surface area (Å²) in [6, 6.07) is 7.72. The molecule has 0 unspecified atom stereocenters. The van der Waals surface area contributed by atoms with Crippen molar-refractivity contribution in [1.82, 2.24) is 9.88 Å². The van der Waals surface area contributed by atoms with Crippen molar-refractivity contribution in [3.63, 3.8) is 0 Å². The first-order valence-electron chi connectivity index (χ1n) is 5.81. The van der Waals surface area contributed by atoms with Gasteiger partial charge in [-0.15, -0.1) is 6.58 Å². The van der Waals surface area contributed by atoms with Gasteiger partial charge in [-0.05, 0) is 6.07 Å². The first kappa shape index (κ1) is 12.4. The highest BCUT2D eigenvalue weighted by Crippen LogP contribution is 2.21. The summed E-state index contributed by atoms with van der Waals surface area (Å²) in [5, 5.41) is 13.0. The van der Waals surface area contributed by atoms with Crippen LogP contribution in [-0.2, 0) is 17.9 Å². The Balaban J connectivity index is 2.28. The molecule has 2 aromatic rings. The molecule has 94 valence electrons. The van der Waals surface area contributed by atoms with E-state index in [0.29, 0.717) is 6.54 Å². The highest BCUT2D eigenvalue weighted by molar-refractivity contribution is 5.86. The normalized spacial score (nSPS) is 10.5. The van der Waals surface area contributed by atoms with Crippen LogP contribution in [0.15, 0.2) is 43.1 Å². The number of rotatable bonds is 5. The van der Waals surface area contributed by atoms with Gasteiger partial charge in [-0.2, -0.15) is 0 Å². The highest BCUT2D eigenvalue weighted by atomic mass is 16.3. The van der Waals surface area contributed by atoms with Crippen molar-refractivity contribution >= 4 is 16.8 Å². The van der Waals surface area contributed by atoms with Crippen LogP contribution in [-0.4, -0.2) is 22.1 Å². The van der Waals surface area contributed by atoms with Gasteiger partial charge in [0, 0.05) is 29.2 Å². The molecule has 0 fully saturated rings. The fraction of sp³-hybridized carbons (Fsp3) is 0.214. The third-order valence-electron chi connectivity index (χ3n) is 2.80. The van der Waals surface area contributed by atoms with E-state index >= 15 is 0 Å². The molecule has 1 amide bonds. The van der Waals surface area contributed by atoms with E-state index < -0.39 is 0 Å². The van der Waals surface area contributed by atoms with Crippen molar-refractivity contribution in [2.45, 2.75) is 13.2 Å². The largest absolute Gasteiger partial charge is 0.392 e. The van der Waals surface area contributed by atoms with Crippen molar-refractivity contribution < 1.29 is 9.90 Å². The molecule has 2 rings (SSSR count). The van der Waals surface area contributed by atoms with Crippen molar-refractivity contribution in [1.29, 1.82) is 0 Å². The van der Waals surface area contributed by atoms with Gasteiger partial charge in [-0.3, -0.25) is 4.79 Å². The van der Waals surface area contributed by atoms with Gasteiger partial charge in [0.15, 0.2) is 0 Å². The van der Waals surface area contributed by atoms with Gasteiger partial charge in [-0.1, -0.05) is 24.3 Å². The maximum atomic E-state index is 11.7. The second-order valence-corrected chi connectivity index (χ2v) is 4.05. The monoisotopic (exact) mass is 244 g/mol. The number of hydrogen-bond acceptors (Lipinski definition) is 2. The Kier molecular flexibility index (Phi) is 3.79. The number of benzene rings is 1. The number of nitrogens with one attached hydrogen (secondary N) is 1. The van der Waals surface area contributed by atoms with Gasteiger partial charge in [0.05, 0.1) is 6.61 Å². The Labute approximate surface area is 106 Å². The lowest BCUT2D eigenvalue weighted by atomic mass is 10.2. The number of amides is 1. The van der Waals surface area contributed by atoms with E-state index in [1.807, 2.05) is 35.0 Å². The molecule has 1 heterocycles. The second-order valence-electron chi connectivity index (χ2n) is 4.05. The molecular formula is C14H16N2O2. The van der Waals surface area contributed by atoms with E-state index in [0.717, 1.165) is 16.5 Å². The number of carbonyl (C=O) groups is 1. The van der Waals surface area contributed by atoms with Gasteiger partial charge < -0.3 is 15.0 Å². The SMILES string of the molecule is C=CCNC(=O)Cn1cc(CO)c2ccccc21. The number of para-hydroxylation sites is 1. The molecule has 4 heteroatoms. The van der Waals surface area contributed by atoms with E-state index in [2.05, 4.69) is 11.9 Å². The molecule has 0 aliphatic heterocycles. The van der Waals surface area contributed by atoms with Gasteiger partial charge in [0.1, 0.15) is 6.54 Å². The van der Waals surface area contributed by atoms with Crippen molar-refractivity contribution in [2.24, 2.45) is 0 Å². The number of aromatic nitrogens is 1. The van der Waals surface area contributed by atoms with Crippen LogP contribution in [0.25, 0.3) is 10.9 Å². The molecule has 1 aromatic carbocycles. The molecule has 0 saturated heterocycles. The molecule has 0 atom stereocenters. The van der Waals surface area contributed by atoms with Gasteiger partial charge >= 0.3 is 0 Å². The maximum Gasteiger partial charge on any atom is 0.240 e. The Morgan fingerprint density at radius 3 is 2.94 bits per heavy atom. The predicted molar refractivity (Wildman–Crippen MR) is 71.1 cm³/mol. The summed E-state index contributed by atoms with van der Waals surface area (Å²) < 4.78 is 1.85. The zero-order valence-corrected chi connectivity index (χ0v) is 10.1. The zero-order valence-electron chi connectivity index (χ0n) is 10.1. The fourth-order valence-electron chi connectivity index (χ4n) is 1.98. The maximum absolute atomic E-state index is 11.7. The first-order valence-corrected chi connectivity index (χ1v) is 5.81. The van der Waals surface area contributed by atoms with Crippen molar-refractivity contribution in [2.75, 3.05) is 6.54 Å². The predicted octanol–water partition coefficient (Wildman–Crippen LogP) is 1.44. The van der Waals surface area contributed by atoms with Crippen LogP contribution in [0.2, 0.25) is 0 Å². The second kappa shape index (κ2) is 5.51. The lowest BCUT2D eigenvalue weighted by molar-refractivity contribution is -0.121. The van der Waals surface area contributed by atoms with Gasteiger partial charge in [-0.25, -0.2) is 0 Å². The quantitative estimate of drug-likeness (QED) is 0.782. The third-order valence-corrected chi connectivity index (χ3v) is 2.80. The summed E-state index contributed by atoms with van der Waals surface area (Å²) in [6.07, 6.45) is 3.46.